The molecule has 1 aliphatic heterocycles. The van der Waals surface area contributed by atoms with Gasteiger partial charge in [0.2, 0.25) is 0 Å². The third-order valence-electron chi connectivity index (χ3n) is 4.12. The molecule has 202 valence electrons. The summed E-state index contributed by atoms with van der Waals surface area (Å²) in [5, 5.41) is 25.0. The van der Waals surface area contributed by atoms with Crippen molar-refractivity contribution in [3.05, 3.63) is 30.3 Å². The fourth-order valence-electron chi connectivity index (χ4n) is 2.39. The first-order valence-electron chi connectivity index (χ1n) is 9.08. The van der Waals surface area contributed by atoms with Gasteiger partial charge < -0.3 is 24.1 Å². The SMILES string of the molecule is O=C(CCC(=O)ON1C(=O)CC(S(=O)(=O)O)C1=O)OCC(CO[N+](=O)[O-])(CO[N+](=O)[O-])CO[N+](=O)[O-]. The van der Waals surface area contributed by atoms with E-state index >= 15 is 0 Å². The largest absolute Gasteiger partial charge is 0.465 e. The van der Waals surface area contributed by atoms with Crippen molar-refractivity contribution in [3.63, 3.8) is 0 Å². The predicted octanol–water partition coefficient (Wildman–Crippen LogP) is -2.61. The molecule has 1 fully saturated rings. The fourth-order valence-corrected chi connectivity index (χ4v) is 3.09. The maximum atomic E-state index is 11.9. The highest BCUT2D eigenvalue weighted by atomic mass is 32.2. The Balaban J connectivity index is 2.74. The second-order valence-corrected chi connectivity index (χ2v) is 8.45. The normalized spacial score (nSPS) is 15.7. The Hall–Kier alpha value is -4.41. The van der Waals surface area contributed by atoms with Gasteiger partial charge >= 0.3 is 11.9 Å². The molecule has 36 heavy (non-hydrogen) atoms. The van der Waals surface area contributed by atoms with E-state index in [2.05, 4.69) is 19.4 Å². The molecule has 22 nitrogen and oxygen atoms in total. The van der Waals surface area contributed by atoms with Crippen molar-refractivity contribution in [2.24, 2.45) is 5.41 Å². The van der Waals surface area contributed by atoms with Gasteiger partial charge in [0.25, 0.3) is 37.2 Å². The van der Waals surface area contributed by atoms with Crippen LogP contribution in [-0.2, 0) is 53.4 Å². The zero-order valence-corrected chi connectivity index (χ0v) is 18.4. The summed E-state index contributed by atoms with van der Waals surface area (Å²) < 4.78 is 35.7. The van der Waals surface area contributed by atoms with Gasteiger partial charge in [-0.25, -0.2) is 4.79 Å². The van der Waals surface area contributed by atoms with Crippen molar-refractivity contribution in [2.75, 3.05) is 26.4 Å². The molecule has 23 heteroatoms. The standard InChI is InChI=1S/C13H16N4O18S/c18-9-3-8(36(28,29)30)12(21)14(9)35-11(20)2-1-10(19)31-4-13(5-32-15(22)23,6-33-16(24)25)7-34-17(26)27/h8H,1-7H2,(H,28,29,30). The van der Waals surface area contributed by atoms with Gasteiger partial charge in [0.05, 0.1) is 24.7 Å². The number of carbonyl (C=O) groups is 4. The lowest BCUT2D eigenvalue weighted by Gasteiger charge is -2.29. The van der Waals surface area contributed by atoms with Crippen LogP contribution in [0.15, 0.2) is 0 Å². The number of hydroxylamine groups is 2. The average molecular weight is 548 g/mol. The number of ether oxygens (including phenoxy) is 1. The van der Waals surface area contributed by atoms with Crippen LogP contribution in [0.4, 0.5) is 0 Å². The minimum Gasteiger partial charge on any atom is -0.465 e. The zero-order valence-electron chi connectivity index (χ0n) is 17.6. The van der Waals surface area contributed by atoms with E-state index < -0.39 is 105 Å². The molecule has 1 unspecified atom stereocenters. The van der Waals surface area contributed by atoms with E-state index in [1.54, 1.807) is 0 Å². The number of rotatable bonds is 16. The fraction of sp³-hybridized carbons (Fsp3) is 0.692. The minimum atomic E-state index is -4.97. The van der Waals surface area contributed by atoms with Gasteiger partial charge in [0.15, 0.2) is 5.25 Å². The Labute approximate surface area is 197 Å². The summed E-state index contributed by atoms with van der Waals surface area (Å²) in [4.78, 5) is 95.2. The molecule has 0 aromatic rings. The predicted molar refractivity (Wildman–Crippen MR) is 99.4 cm³/mol. The quantitative estimate of drug-likeness (QED) is 0.0679. The van der Waals surface area contributed by atoms with E-state index in [1.165, 1.54) is 0 Å². The van der Waals surface area contributed by atoms with E-state index in [-0.39, 0.29) is 5.06 Å². The van der Waals surface area contributed by atoms with Gasteiger partial charge in [-0.05, 0) is 0 Å². The lowest BCUT2D eigenvalue weighted by molar-refractivity contribution is -0.782. The van der Waals surface area contributed by atoms with Crippen LogP contribution in [0.1, 0.15) is 19.3 Å². The second kappa shape index (κ2) is 12.3. The van der Waals surface area contributed by atoms with Crippen molar-refractivity contribution < 1.29 is 71.5 Å². The molecule has 1 aliphatic rings. The van der Waals surface area contributed by atoms with Gasteiger partial charge in [-0.3, -0.25) is 18.9 Å². The first kappa shape index (κ1) is 29.6. The van der Waals surface area contributed by atoms with E-state index in [0.29, 0.717) is 0 Å². The number of nitrogens with zero attached hydrogens (tertiary/aromatic N) is 4. The molecule has 1 rings (SSSR count). The Morgan fingerprint density at radius 2 is 1.36 bits per heavy atom. The van der Waals surface area contributed by atoms with Crippen LogP contribution in [0.3, 0.4) is 0 Å². The van der Waals surface area contributed by atoms with Crippen molar-refractivity contribution in [1.29, 1.82) is 0 Å². The van der Waals surface area contributed by atoms with Crippen LogP contribution in [0.2, 0.25) is 0 Å². The van der Waals surface area contributed by atoms with Crippen molar-refractivity contribution in [1.82, 2.24) is 5.06 Å². The molecule has 0 radical (unpaired) electrons. The number of hydrogen-bond donors (Lipinski definition) is 1. The summed E-state index contributed by atoms with van der Waals surface area (Å²) in [5.74, 6) is -5.49. The van der Waals surface area contributed by atoms with Crippen LogP contribution in [0.25, 0.3) is 0 Å². The summed E-state index contributed by atoms with van der Waals surface area (Å²) in [6, 6.07) is 0. The number of carbonyl (C=O) groups excluding carboxylic acids is 4. The van der Waals surface area contributed by atoms with E-state index in [4.69, 9.17) is 9.29 Å². The van der Waals surface area contributed by atoms with Crippen LogP contribution < -0.4 is 0 Å². The Bertz CT molecular complexity index is 980. The smallest absolute Gasteiger partial charge is 0.333 e. The third kappa shape index (κ3) is 9.45. The van der Waals surface area contributed by atoms with Gasteiger partial charge in [-0.1, -0.05) is 0 Å². The van der Waals surface area contributed by atoms with Crippen LogP contribution >= 0.6 is 0 Å². The van der Waals surface area contributed by atoms with Crippen LogP contribution in [0, 0.1) is 35.8 Å². The summed E-state index contributed by atoms with van der Waals surface area (Å²) in [6.07, 6.45) is -2.71. The molecule has 0 bridgehead atoms. The van der Waals surface area contributed by atoms with E-state index in [9.17, 15) is 57.9 Å². The Morgan fingerprint density at radius 1 is 0.917 bits per heavy atom. The Morgan fingerprint density at radius 3 is 1.75 bits per heavy atom. The van der Waals surface area contributed by atoms with E-state index in [0.717, 1.165) is 0 Å². The zero-order chi connectivity index (χ0) is 27.7. The van der Waals surface area contributed by atoms with Gasteiger partial charge in [-0.15, -0.1) is 35.4 Å². The summed E-state index contributed by atoms with van der Waals surface area (Å²) in [5.41, 5.74) is -2.14. The molecule has 0 aliphatic carbocycles. The third-order valence-corrected chi connectivity index (χ3v) is 5.20. The molecule has 0 spiro atoms. The highest BCUT2D eigenvalue weighted by Crippen LogP contribution is 2.22. The summed E-state index contributed by atoms with van der Waals surface area (Å²) >= 11 is 0. The van der Waals surface area contributed by atoms with Crippen LogP contribution in [-0.4, -0.2) is 88.7 Å². The van der Waals surface area contributed by atoms with Gasteiger partial charge in [-0.2, -0.15) is 8.42 Å². The highest BCUT2D eigenvalue weighted by molar-refractivity contribution is 7.87. The summed E-state index contributed by atoms with van der Waals surface area (Å²) in [6.45, 7) is -4.39. The number of amides is 2. The highest BCUT2D eigenvalue weighted by Gasteiger charge is 2.48. The van der Waals surface area contributed by atoms with Crippen molar-refractivity contribution >= 4 is 33.9 Å². The first-order valence-corrected chi connectivity index (χ1v) is 10.6. The molecule has 1 atom stereocenters. The molecule has 1 saturated heterocycles. The average Bonchev–Trinajstić information content (AvgIpc) is 3.05. The first-order chi connectivity index (χ1) is 16.6. The number of imide groups is 1. The monoisotopic (exact) mass is 548 g/mol. The number of esters is 1. The maximum absolute atomic E-state index is 11.9. The molecule has 0 saturated carbocycles. The number of hydrogen-bond acceptors (Lipinski definition) is 17. The molecule has 0 aromatic carbocycles. The summed E-state index contributed by atoms with van der Waals surface area (Å²) in [7, 11) is -4.97. The van der Waals surface area contributed by atoms with Crippen molar-refractivity contribution in [3.8, 4) is 0 Å². The van der Waals surface area contributed by atoms with Gasteiger partial charge in [0.1, 0.15) is 26.4 Å². The Kier molecular flexibility index (Phi) is 10.2. The topological polar surface area (TPSA) is 301 Å². The molecular weight excluding hydrogens is 532 g/mol. The minimum absolute atomic E-state index is 0.212. The lowest BCUT2D eigenvalue weighted by Crippen LogP contribution is -2.44. The molecule has 1 N–H and O–H groups in total. The van der Waals surface area contributed by atoms with Gasteiger partial charge in [0, 0.05) is 0 Å². The molecule has 1 heterocycles. The maximum Gasteiger partial charge on any atom is 0.333 e. The molecule has 2 amide bonds. The molecule has 0 aromatic heterocycles. The van der Waals surface area contributed by atoms with E-state index in [1.807, 2.05) is 0 Å². The second-order valence-electron chi connectivity index (χ2n) is 6.85. The molecular formula is C13H16N4O18S. The lowest BCUT2D eigenvalue weighted by atomic mass is 9.92. The van der Waals surface area contributed by atoms with Crippen LogP contribution in [0.5, 0.6) is 0 Å². The van der Waals surface area contributed by atoms with Crippen molar-refractivity contribution in [2.45, 2.75) is 24.5 Å².